The number of benzene rings is 4. The van der Waals surface area contributed by atoms with Crippen molar-refractivity contribution >= 4 is 50.7 Å². The van der Waals surface area contributed by atoms with Crippen LogP contribution >= 0.6 is 23.2 Å². The maximum Gasteiger partial charge on any atom is 0.264 e. The highest BCUT2D eigenvalue weighted by atomic mass is 35.5. The lowest BCUT2D eigenvalue weighted by Crippen LogP contribution is -2.54. The second kappa shape index (κ2) is 15.0. The molecule has 0 aliphatic heterocycles. The standard InChI is InChI=1S/C35H35Cl2N3O4S/c36-28-18-20-32(21-19-28)45(43,44)40(31-17-9-14-29(37)23-31)25-34(41)39(24-27-12-5-2-6-13-27)33(22-26-10-3-1-4-11-26)35(42)38-30-15-7-8-16-30/h1-6,9-14,17-21,23,30,33H,7-8,15-16,22,24-25H2,(H,38,42)/t33-/m0/s1. The number of nitrogens with one attached hydrogen (secondary N) is 1. The first-order valence-corrected chi connectivity index (χ1v) is 17.1. The summed E-state index contributed by atoms with van der Waals surface area (Å²) < 4.78 is 29.2. The van der Waals surface area contributed by atoms with E-state index in [1.54, 1.807) is 18.2 Å². The molecule has 0 unspecified atom stereocenters. The molecule has 1 fully saturated rings. The fourth-order valence-electron chi connectivity index (χ4n) is 5.60. The van der Waals surface area contributed by atoms with Crippen molar-refractivity contribution < 1.29 is 18.0 Å². The summed E-state index contributed by atoms with van der Waals surface area (Å²) in [5.41, 5.74) is 1.92. The summed E-state index contributed by atoms with van der Waals surface area (Å²) in [5.74, 6) is -0.788. The summed E-state index contributed by atoms with van der Waals surface area (Å²) in [6, 6.07) is 30.2. The Bertz CT molecular complexity index is 1700. The van der Waals surface area contributed by atoms with Gasteiger partial charge in [-0.05, 0) is 66.4 Å². The number of sulfonamides is 1. The van der Waals surface area contributed by atoms with Crippen LogP contribution in [0.25, 0.3) is 0 Å². The summed E-state index contributed by atoms with van der Waals surface area (Å²) in [5, 5.41) is 3.87. The molecule has 0 bridgehead atoms. The number of carbonyl (C=O) groups excluding carboxylic acids is 2. The Kier molecular flexibility index (Phi) is 10.8. The lowest BCUT2D eigenvalue weighted by Gasteiger charge is -2.34. The highest BCUT2D eigenvalue weighted by molar-refractivity contribution is 7.92. The van der Waals surface area contributed by atoms with Crippen molar-refractivity contribution in [3.63, 3.8) is 0 Å². The van der Waals surface area contributed by atoms with Gasteiger partial charge in [0.15, 0.2) is 0 Å². The van der Waals surface area contributed by atoms with Crippen molar-refractivity contribution in [2.45, 2.75) is 55.6 Å². The van der Waals surface area contributed by atoms with E-state index in [0.29, 0.717) is 10.0 Å². The van der Waals surface area contributed by atoms with Gasteiger partial charge < -0.3 is 10.2 Å². The molecule has 5 rings (SSSR count). The number of halogens is 2. The average Bonchev–Trinajstić information content (AvgIpc) is 3.55. The number of nitrogens with zero attached hydrogens (tertiary/aromatic N) is 2. The first kappa shape index (κ1) is 32.5. The van der Waals surface area contributed by atoms with E-state index in [0.717, 1.165) is 41.1 Å². The van der Waals surface area contributed by atoms with E-state index in [-0.39, 0.29) is 35.5 Å². The molecular formula is C35H35Cl2N3O4S. The van der Waals surface area contributed by atoms with Crippen molar-refractivity contribution in [2.24, 2.45) is 0 Å². The monoisotopic (exact) mass is 663 g/mol. The molecule has 1 aliphatic rings. The van der Waals surface area contributed by atoms with E-state index in [1.165, 1.54) is 35.2 Å². The maximum atomic E-state index is 14.5. The van der Waals surface area contributed by atoms with Crippen LogP contribution in [-0.4, -0.2) is 43.8 Å². The van der Waals surface area contributed by atoms with E-state index < -0.39 is 28.5 Å². The van der Waals surface area contributed by atoms with Crippen molar-refractivity contribution in [1.82, 2.24) is 10.2 Å². The zero-order chi connectivity index (χ0) is 31.8. The van der Waals surface area contributed by atoms with Crippen molar-refractivity contribution in [1.29, 1.82) is 0 Å². The second-order valence-corrected chi connectivity index (χ2v) is 13.9. The zero-order valence-corrected chi connectivity index (χ0v) is 27.0. The Morgan fingerprint density at radius 1 is 0.778 bits per heavy atom. The van der Waals surface area contributed by atoms with Crippen molar-refractivity contribution in [2.75, 3.05) is 10.8 Å². The molecule has 10 heteroatoms. The van der Waals surface area contributed by atoms with Gasteiger partial charge in [-0.3, -0.25) is 13.9 Å². The number of anilines is 1. The average molecular weight is 665 g/mol. The normalized spacial score (nSPS) is 14.1. The van der Waals surface area contributed by atoms with Crippen LogP contribution in [0.3, 0.4) is 0 Å². The molecular weight excluding hydrogens is 629 g/mol. The van der Waals surface area contributed by atoms with Gasteiger partial charge in [-0.2, -0.15) is 0 Å². The minimum absolute atomic E-state index is 0.0332. The Morgan fingerprint density at radius 2 is 1.40 bits per heavy atom. The fourth-order valence-corrected chi connectivity index (χ4v) is 7.31. The summed E-state index contributed by atoms with van der Waals surface area (Å²) in [7, 11) is -4.24. The van der Waals surface area contributed by atoms with Crippen LogP contribution < -0.4 is 9.62 Å². The lowest BCUT2D eigenvalue weighted by atomic mass is 10.0. The number of rotatable bonds is 12. The SMILES string of the molecule is O=C(NC1CCCC1)[C@H](Cc1ccccc1)N(Cc1ccccc1)C(=O)CN(c1cccc(Cl)c1)S(=O)(=O)c1ccc(Cl)cc1. The lowest BCUT2D eigenvalue weighted by molar-refractivity contribution is -0.140. The first-order valence-electron chi connectivity index (χ1n) is 14.9. The molecule has 2 amide bonds. The molecule has 0 radical (unpaired) electrons. The van der Waals surface area contributed by atoms with Crippen LogP contribution in [0.5, 0.6) is 0 Å². The molecule has 0 heterocycles. The van der Waals surface area contributed by atoms with Crippen molar-refractivity contribution in [3.05, 3.63) is 130 Å². The van der Waals surface area contributed by atoms with E-state index in [1.807, 2.05) is 60.7 Å². The van der Waals surface area contributed by atoms with Crippen LogP contribution in [0.2, 0.25) is 10.0 Å². The summed E-state index contributed by atoms with van der Waals surface area (Å²) in [6.45, 7) is -0.445. The third kappa shape index (κ3) is 8.45. The quantitative estimate of drug-likeness (QED) is 0.179. The summed E-state index contributed by atoms with van der Waals surface area (Å²) in [6.07, 6.45) is 4.12. The van der Waals surface area contributed by atoms with Gasteiger partial charge in [0.2, 0.25) is 11.8 Å². The molecule has 4 aromatic carbocycles. The van der Waals surface area contributed by atoms with Crippen molar-refractivity contribution in [3.8, 4) is 0 Å². The predicted octanol–water partition coefficient (Wildman–Crippen LogP) is 6.89. The summed E-state index contributed by atoms with van der Waals surface area (Å²) >= 11 is 12.3. The van der Waals surface area contributed by atoms with E-state index in [4.69, 9.17) is 23.2 Å². The number of hydrogen-bond acceptors (Lipinski definition) is 4. The molecule has 1 aliphatic carbocycles. The molecule has 1 N–H and O–H groups in total. The van der Waals surface area contributed by atoms with Crippen LogP contribution in [0.4, 0.5) is 5.69 Å². The third-order valence-electron chi connectivity index (χ3n) is 7.95. The Hall–Kier alpha value is -3.85. The molecule has 45 heavy (non-hydrogen) atoms. The van der Waals surface area contributed by atoms with Gasteiger partial charge in [-0.15, -0.1) is 0 Å². The summed E-state index contributed by atoms with van der Waals surface area (Å²) in [4.78, 5) is 30.0. The molecule has 0 saturated heterocycles. The number of carbonyl (C=O) groups is 2. The van der Waals surface area contributed by atoms with Gasteiger partial charge >= 0.3 is 0 Å². The second-order valence-electron chi connectivity index (χ2n) is 11.1. The Labute approximate surface area is 274 Å². The van der Waals surface area contributed by atoms with Gasteiger partial charge in [0.1, 0.15) is 12.6 Å². The number of hydrogen-bond donors (Lipinski definition) is 1. The molecule has 7 nitrogen and oxygen atoms in total. The van der Waals surface area contributed by atoms with Crippen LogP contribution in [0, 0.1) is 0 Å². The minimum atomic E-state index is -4.24. The van der Waals surface area contributed by atoms with Crippen LogP contribution in [0.1, 0.15) is 36.8 Å². The van der Waals surface area contributed by atoms with Crippen LogP contribution in [-0.2, 0) is 32.6 Å². The topological polar surface area (TPSA) is 86.8 Å². The van der Waals surface area contributed by atoms with Gasteiger partial charge in [0.05, 0.1) is 10.6 Å². The third-order valence-corrected chi connectivity index (χ3v) is 10.2. The number of amides is 2. The predicted molar refractivity (Wildman–Crippen MR) is 179 cm³/mol. The molecule has 1 saturated carbocycles. The molecule has 4 aromatic rings. The van der Waals surface area contributed by atoms with Crippen LogP contribution in [0.15, 0.2) is 114 Å². The fraction of sp³-hybridized carbons (Fsp3) is 0.257. The molecule has 0 aromatic heterocycles. The molecule has 1 atom stereocenters. The van der Waals surface area contributed by atoms with Gasteiger partial charge in [-0.25, -0.2) is 8.42 Å². The van der Waals surface area contributed by atoms with E-state index in [9.17, 15) is 18.0 Å². The highest BCUT2D eigenvalue weighted by Gasteiger charge is 2.35. The maximum absolute atomic E-state index is 14.5. The molecule has 0 spiro atoms. The largest absolute Gasteiger partial charge is 0.352 e. The van der Waals surface area contributed by atoms with Gasteiger partial charge in [0, 0.05) is 29.1 Å². The zero-order valence-electron chi connectivity index (χ0n) is 24.7. The van der Waals surface area contributed by atoms with Gasteiger partial charge in [-0.1, -0.05) is 103 Å². The molecule has 234 valence electrons. The van der Waals surface area contributed by atoms with Gasteiger partial charge in [0.25, 0.3) is 10.0 Å². The Morgan fingerprint density at radius 3 is 2.02 bits per heavy atom. The Balaban J connectivity index is 1.55. The van der Waals surface area contributed by atoms with E-state index >= 15 is 0 Å². The smallest absolute Gasteiger partial charge is 0.264 e. The van der Waals surface area contributed by atoms with E-state index in [2.05, 4.69) is 5.32 Å². The highest BCUT2D eigenvalue weighted by Crippen LogP contribution is 2.28. The first-order chi connectivity index (χ1) is 21.7. The minimum Gasteiger partial charge on any atom is -0.352 e.